The fraction of sp³-hybridized carbons (Fsp3) is 0.385. The van der Waals surface area contributed by atoms with Crippen LogP contribution < -0.4 is 0 Å². The van der Waals surface area contributed by atoms with Gasteiger partial charge in [0.05, 0.1) is 11.6 Å². The molecule has 96 valence electrons. The highest BCUT2D eigenvalue weighted by Crippen LogP contribution is 2.23. The van der Waals surface area contributed by atoms with Gasteiger partial charge in [0.25, 0.3) is 0 Å². The van der Waals surface area contributed by atoms with E-state index >= 15 is 0 Å². The molecule has 1 aliphatic heterocycles. The van der Waals surface area contributed by atoms with Gasteiger partial charge in [-0.05, 0) is 24.1 Å². The highest BCUT2D eigenvalue weighted by atomic mass is 35.5. The van der Waals surface area contributed by atoms with Crippen LogP contribution in [-0.2, 0) is 4.79 Å². The SMILES string of the molecule is CC1CC(=O)N(CC(=O)c2cc(Cl)ccc2Cl)C1. The number of carbonyl (C=O) groups is 2. The lowest BCUT2D eigenvalue weighted by Crippen LogP contribution is -2.31. The third-order valence-electron chi connectivity index (χ3n) is 2.97. The minimum absolute atomic E-state index is 0.0222. The molecule has 5 heteroatoms. The summed E-state index contributed by atoms with van der Waals surface area (Å²) in [5, 5.41) is 0.827. The summed E-state index contributed by atoms with van der Waals surface area (Å²) in [6.07, 6.45) is 0.510. The van der Waals surface area contributed by atoms with Gasteiger partial charge in [-0.2, -0.15) is 0 Å². The quantitative estimate of drug-likeness (QED) is 0.801. The molecule has 0 aliphatic carbocycles. The molecule has 1 aromatic carbocycles. The number of benzene rings is 1. The smallest absolute Gasteiger partial charge is 0.223 e. The van der Waals surface area contributed by atoms with E-state index in [1.54, 1.807) is 17.0 Å². The van der Waals surface area contributed by atoms with E-state index < -0.39 is 0 Å². The molecule has 1 aromatic rings. The number of carbonyl (C=O) groups excluding carboxylic acids is 2. The van der Waals surface area contributed by atoms with Crippen LogP contribution in [0.25, 0.3) is 0 Å². The zero-order valence-electron chi connectivity index (χ0n) is 9.95. The average molecular weight is 286 g/mol. The molecule has 0 N–H and O–H groups in total. The lowest BCUT2D eigenvalue weighted by molar-refractivity contribution is -0.127. The summed E-state index contributed by atoms with van der Waals surface area (Å²) in [5.41, 5.74) is 0.372. The molecule has 0 saturated carbocycles. The lowest BCUT2D eigenvalue weighted by atomic mass is 10.1. The lowest BCUT2D eigenvalue weighted by Gasteiger charge is -2.15. The minimum atomic E-state index is -0.176. The second-order valence-corrected chi connectivity index (χ2v) is 5.47. The van der Waals surface area contributed by atoms with Crippen molar-refractivity contribution in [1.82, 2.24) is 4.90 Å². The third-order valence-corrected chi connectivity index (χ3v) is 3.54. The largest absolute Gasteiger partial charge is 0.335 e. The standard InChI is InChI=1S/C13H13Cl2NO2/c1-8-4-13(18)16(6-8)7-12(17)10-5-9(14)2-3-11(10)15/h2-3,5,8H,4,6-7H2,1H3. The first kappa shape index (κ1) is 13.4. The number of hydrogen-bond donors (Lipinski definition) is 0. The molecular formula is C13H13Cl2NO2. The fourth-order valence-corrected chi connectivity index (χ4v) is 2.49. The van der Waals surface area contributed by atoms with Gasteiger partial charge >= 0.3 is 0 Å². The summed E-state index contributed by atoms with van der Waals surface area (Å²) >= 11 is 11.8. The number of amides is 1. The Labute approximate surface area is 116 Å². The predicted octanol–water partition coefficient (Wildman–Crippen LogP) is 3.04. The zero-order valence-corrected chi connectivity index (χ0v) is 11.5. The monoisotopic (exact) mass is 285 g/mol. The maximum atomic E-state index is 12.1. The van der Waals surface area contributed by atoms with E-state index in [1.165, 1.54) is 6.07 Å². The molecule has 1 unspecified atom stereocenters. The number of halogens is 2. The van der Waals surface area contributed by atoms with Crippen molar-refractivity contribution >= 4 is 34.9 Å². The van der Waals surface area contributed by atoms with Crippen LogP contribution in [0.3, 0.4) is 0 Å². The normalized spacial score (nSPS) is 19.4. The molecule has 1 amide bonds. The van der Waals surface area contributed by atoms with Gasteiger partial charge in [-0.1, -0.05) is 30.1 Å². The summed E-state index contributed by atoms with van der Waals surface area (Å²) in [4.78, 5) is 25.3. The molecule has 1 heterocycles. The van der Waals surface area contributed by atoms with Gasteiger partial charge in [0.1, 0.15) is 0 Å². The van der Waals surface area contributed by atoms with E-state index in [0.717, 1.165) is 0 Å². The third kappa shape index (κ3) is 2.85. The van der Waals surface area contributed by atoms with Crippen LogP contribution in [0.4, 0.5) is 0 Å². The Morgan fingerprint density at radius 1 is 1.44 bits per heavy atom. The molecule has 1 atom stereocenters. The number of hydrogen-bond acceptors (Lipinski definition) is 2. The molecule has 1 saturated heterocycles. The van der Waals surface area contributed by atoms with E-state index in [1.807, 2.05) is 6.92 Å². The molecule has 0 aromatic heterocycles. The zero-order chi connectivity index (χ0) is 13.3. The van der Waals surface area contributed by atoms with Gasteiger partial charge in [-0.25, -0.2) is 0 Å². The number of likely N-dealkylation sites (tertiary alicyclic amines) is 1. The Morgan fingerprint density at radius 3 is 2.78 bits per heavy atom. The summed E-state index contributed by atoms with van der Waals surface area (Å²) in [6.45, 7) is 2.70. The van der Waals surface area contributed by atoms with Crippen molar-refractivity contribution in [3.63, 3.8) is 0 Å². The molecule has 1 fully saturated rings. The van der Waals surface area contributed by atoms with Crippen LogP contribution >= 0.6 is 23.2 Å². The van der Waals surface area contributed by atoms with Crippen LogP contribution in [0.2, 0.25) is 10.0 Å². The van der Waals surface area contributed by atoms with Gasteiger partial charge < -0.3 is 4.90 Å². The van der Waals surface area contributed by atoms with Crippen molar-refractivity contribution in [3.8, 4) is 0 Å². The second kappa shape index (κ2) is 5.29. The first-order chi connectivity index (χ1) is 8.47. The molecular weight excluding hydrogens is 273 g/mol. The molecule has 18 heavy (non-hydrogen) atoms. The highest BCUT2D eigenvalue weighted by Gasteiger charge is 2.28. The van der Waals surface area contributed by atoms with E-state index in [-0.39, 0.29) is 18.2 Å². The minimum Gasteiger partial charge on any atom is -0.335 e. The number of nitrogens with zero attached hydrogens (tertiary/aromatic N) is 1. The van der Waals surface area contributed by atoms with Crippen LogP contribution in [0.15, 0.2) is 18.2 Å². The first-order valence-corrected chi connectivity index (χ1v) is 6.49. The van der Waals surface area contributed by atoms with Crippen molar-refractivity contribution < 1.29 is 9.59 Å². The van der Waals surface area contributed by atoms with Gasteiger partial charge in [-0.15, -0.1) is 0 Å². The second-order valence-electron chi connectivity index (χ2n) is 4.63. The molecule has 0 radical (unpaired) electrons. The van der Waals surface area contributed by atoms with Crippen molar-refractivity contribution in [1.29, 1.82) is 0 Å². The average Bonchev–Trinajstić information content (AvgIpc) is 2.61. The topological polar surface area (TPSA) is 37.4 Å². The predicted molar refractivity (Wildman–Crippen MR) is 71.2 cm³/mol. The Morgan fingerprint density at radius 2 is 2.17 bits per heavy atom. The first-order valence-electron chi connectivity index (χ1n) is 5.73. The summed E-state index contributed by atoms with van der Waals surface area (Å²) < 4.78 is 0. The van der Waals surface area contributed by atoms with Crippen molar-refractivity contribution in [2.75, 3.05) is 13.1 Å². The van der Waals surface area contributed by atoms with Crippen LogP contribution in [0.5, 0.6) is 0 Å². The number of rotatable bonds is 3. The Kier molecular flexibility index (Phi) is 3.93. The molecule has 2 rings (SSSR count). The number of ketones is 1. The van der Waals surface area contributed by atoms with Crippen LogP contribution in [0.1, 0.15) is 23.7 Å². The van der Waals surface area contributed by atoms with Crippen molar-refractivity contribution in [2.45, 2.75) is 13.3 Å². The molecule has 1 aliphatic rings. The fourth-order valence-electron chi connectivity index (χ4n) is 2.09. The summed E-state index contributed by atoms with van der Waals surface area (Å²) in [6, 6.07) is 4.76. The van der Waals surface area contributed by atoms with Crippen molar-refractivity contribution in [3.05, 3.63) is 33.8 Å². The van der Waals surface area contributed by atoms with Gasteiger partial charge in [0.2, 0.25) is 5.91 Å². The maximum Gasteiger partial charge on any atom is 0.223 e. The highest BCUT2D eigenvalue weighted by molar-refractivity contribution is 6.36. The van der Waals surface area contributed by atoms with E-state index in [9.17, 15) is 9.59 Å². The Bertz CT molecular complexity index is 502. The van der Waals surface area contributed by atoms with Gasteiger partial charge in [0.15, 0.2) is 5.78 Å². The Hall–Kier alpha value is -1.06. The molecule has 0 bridgehead atoms. The van der Waals surface area contributed by atoms with Crippen LogP contribution in [-0.4, -0.2) is 29.7 Å². The van der Waals surface area contributed by atoms with E-state index in [4.69, 9.17) is 23.2 Å². The molecule has 0 spiro atoms. The summed E-state index contributed by atoms with van der Waals surface area (Å²) in [5.74, 6) is 0.152. The van der Waals surface area contributed by atoms with Crippen molar-refractivity contribution in [2.24, 2.45) is 5.92 Å². The van der Waals surface area contributed by atoms with E-state index in [0.29, 0.717) is 34.5 Å². The Balaban J connectivity index is 2.12. The molecule has 3 nitrogen and oxygen atoms in total. The van der Waals surface area contributed by atoms with Crippen LogP contribution in [0, 0.1) is 5.92 Å². The maximum absolute atomic E-state index is 12.1. The summed E-state index contributed by atoms with van der Waals surface area (Å²) in [7, 11) is 0. The van der Waals surface area contributed by atoms with Gasteiger partial charge in [-0.3, -0.25) is 9.59 Å². The van der Waals surface area contributed by atoms with Gasteiger partial charge in [0, 0.05) is 23.6 Å². The number of Topliss-reactive ketones (excluding diaryl/α,β-unsaturated/α-hetero) is 1. The van der Waals surface area contributed by atoms with E-state index in [2.05, 4.69) is 0 Å².